The molecule has 2 heterocycles. The van der Waals surface area contributed by atoms with Crippen molar-refractivity contribution in [1.82, 2.24) is 15.1 Å². The van der Waals surface area contributed by atoms with Crippen LogP contribution in [0, 0.1) is 23.7 Å². The van der Waals surface area contributed by atoms with Crippen LogP contribution in [0.1, 0.15) is 78.1 Å². The van der Waals surface area contributed by atoms with Gasteiger partial charge < -0.3 is 10.2 Å². The van der Waals surface area contributed by atoms with Crippen LogP contribution in [0.3, 0.4) is 0 Å². The molecular formula is C24H43N3O. The van der Waals surface area contributed by atoms with Crippen molar-refractivity contribution in [3.05, 3.63) is 0 Å². The molecule has 1 N–H and O–H groups in total. The summed E-state index contributed by atoms with van der Waals surface area (Å²) in [6.07, 6.45) is 12.7. The van der Waals surface area contributed by atoms with Crippen LogP contribution in [0.2, 0.25) is 0 Å². The van der Waals surface area contributed by atoms with Crippen molar-refractivity contribution in [2.45, 2.75) is 90.1 Å². The average Bonchev–Trinajstić information content (AvgIpc) is 3.54. The molecule has 4 atom stereocenters. The van der Waals surface area contributed by atoms with E-state index in [1.807, 2.05) is 0 Å². The van der Waals surface area contributed by atoms with E-state index in [2.05, 4.69) is 29.0 Å². The smallest absolute Gasteiger partial charge is 0.225 e. The van der Waals surface area contributed by atoms with Gasteiger partial charge in [-0.1, -0.05) is 33.1 Å². The Balaban J connectivity index is 1.45. The number of likely N-dealkylation sites (tertiary alicyclic amines) is 1. The highest BCUT2D eigenvalue weighted by atomic mass is 16.2. The van der Waals surface area contributed by atoms with Gasteiger partial charge in [-0.3, -0.25) is 9.69 Å². The van der Waals surface area contributed by atoms with Gasteiger partial charge >= 0.3 is 0 Å². The van der Waals surface area contributed by atoms with Crippen LogP contribution < -0.4 is 5.32 Å². The first-order valence-electron chi connectivity index (χ1n) is 12.5. The molecule has 0 radical (unpaired) electrons. The fraction of sp³-hybridized carbons (Fsp3) is 0.958. The summed E-state index contributed by atoms with van der Waals surface area (Å²) in [6, 6.07) is 1.33. The van der Waals surface area contributed by atoms with Crippen LogP contribution in [-0.4, -0.2) is 60.5 Å². The standard InChI is InChI=1S/C24H43N3O/c1-3-5-6-18(4-2)15-27(24(28)19-7-8-19)23-20-9-10-21(23)17-26(16-20)22-11-13-25-14-12-22/h18-23,25H,3-17H2,1-2H3/t18?,20-,21?,23?/m0/s1. The number of piperidine rings is 2. The van der Waals surface area contributed by atoms with E-state index in [-0.39, 0.29) is 0 Å². The summed E-state index contributed by atoms with van der Waals surface area (Å²) in [6.45, 7) is 10.5. The summed E-state index contributed by atoms with van der Waals surface area (Å²) in [7, 11) is 0. The molecule has 0 aromatic rings. The second kappa shape index (κ2) is 9.47. The number of hydrogen-bond donors (Lipinski definition) is 1. The molecule has 3 unspecified atom stereocenters. The molecule has 28 heavy (non-hydrogen) atoms. The van der Waals surface area contributed by atoms with Crippen LogP contribution in [-0.2, 0) is 4.79 Å². The first-order valence-corrected chi connectivity index (χ1v) is 12.5. The predicted molar refractivity (Wildman–Crippen MR) is 115 cm³/mol. The molecule has 4 fully saturated rings. The van der Waals surface area contributed by atoms with E-state index in [9.17, 15) is 4.79 Å². The number of fused-ring (bicyclic) bond motifs is 2. The quantitative estimate of drug-likeness (QED) is 0.649. The Kier molecular flexibility index (Phi) is 6.98. The third kappa shape index (κ3) is 4.59. The zero-order valence-electron chi connectivity index (χ0n) is 18.4. The molecule has 4 nitrogen and oxygen atoms in total. The van der Waals surface area contributed by atoms with E-state index in [0.29, 0.717) is 23.8 Å². The van der Waals surface area contributed by atoms with Gasteiger partial charge in [0.2, 0.25) is 5.91 Å². The first-order chi connectivity index (χ1) is 13.7. The number of unbranched alkanes of at least 4 members (excludes halogenated alkanes) is 1. The Morgan fingerprint density at radius 2 is 1.71 bits per heavy atom. The monoisotopic (exact) mass is 389 g/mol. The molecule has 0 aromatic heterocycles. The Morgan fingerprint density at radius 1 is 1.04 bits per heavy atom. The van der Waals surface area contributed by atoms with E-state index in [4.69, 9.17) is 0 Å². The molecule has 2 aliphatic carbocycles. The van der Waals surface area contributed by atoms with Crippen molar-refractivity contribution in [2.24, 2.45) is 23.7 Å². The second-order valence-corrected chi connectivity index (χ2v) is 10.2. The Morgan fingerprint density at radius 3 is 2.29 bits per heavy atom. The van der Waals surface area contributed by atoms with Crippen LogP contribution >= 0.6 is 0 Å². The van der Waals surface area contributed by atoms with E-state index in [0.717, 1.165) is 37.3 Å². The van der Waals surface area contributed by atoms with Crippen molar-refractivity contribution in [2.75, 3.05) is 32.7 Å². The van der Waals surface area contributed by atoms with Gasteiger partial charge in [0.1, 0.15) is 0 Å². The van der Waals surface area contributed by atoms with Gasteiger partial charge in [0.05, 0.1) is 0 Å². The topological polar surface area (TPSA) is 35.6 Å². The third-order valence-electron chi connectivity index (χ3n) is 8.21. The van der Waals surface area contributed by atoms with Gasteiger partial charge in [0, 0.05) is 37.6 Å². The predicted octanol–water partition coefficient (Wildman–Crippen LogP) is 3.90. The number of hydrogen-bond acceptors (Lipinski definition) is 3. The lowest BCUT2D eigenvalue weighted by molar-refractivity contribution is -0.139. The van der Waals surface area contributed by atoms with Crippen molar-refractivity contribution in [3.8, 4) is 0 Å². The van der Waals surface area contributed by atoms with Crippen molar-refractivity contribution < 1.29 is 4.79 Å². The van der Waals surface area contributed by atoms with Crippen LogP contribution in [0.25, 0.3) is 0 Å². The lowest BCUT2D eigenvalue weighted by Crippen LogP contribution is -2.58. The highest BCUT2D eigenvalue weighted by molar-refractivity contribution is 5.81. The Labute approximate surface area is 172 Å². The Bertz CT molecular complexity index is 500. The first kappa shape index (κ1) is 20.7. The molecule has 2 bridgehead atoms. The summed E-state index contributed by atoms with van der Waals surface area (Å²) >= 11 is 0. The largest absolute Gasteiger partial charge is 0.339 e. The number of nitrogens with zero attached hydrogens (tertiary/aromatic N) is 2. The third-order valence-corrected chi connectivity index (χ3v) is 8.21. The fourth-order valence-electron chi connectivity index (χ4n) is 6.33. The molecule has 2 aliphatic heterocycles. The Hall–Kier alpha value is -0.610. The zero-order chi connectivity index (χ0) is 19.5. The summed E-state index contributed by atoms with van der Waals surface area (Å²) in [5, 5.41) is 3.52. The second-order valence-electron chi connectivity index (χ2n) is 10.2. The maximum atomic E-state index is 13.3. The minimum absolute atomic E-state index is 0.366. The number of carbonyl (C=O) groups is 1. The number of amides is 1. The fourth-order valence-corrected chi connectivity index (χ4v) is 6.33. The van der Waals surface area contributed by atoms with Gasteiger partial charge in [-0.2, -0.15) is 0 Å². The van der Waals surface area contributed by atoms with E-state index >= 15 is 0 Å². The summed E-state index contributed by atoms with van der Waals surface area (Å²) in [4.78, 5) is 18.6. The van der Waals surface area contributed by atoms with Crippen molar-refractivity contribution in [1.29, 1.82) is 0 Å². The molecule has 2 saturated heterocycles. The van der Waals surface area contributed by atoms with E-state index < -0.39 is 0 Å². The van der Waals surface area contributed by atoms with Crippen LogP contribution in [0.5, 0.6) is 0 Å². The minimum atomic E-state index is 0.366. The van der Waals surface area contributed by atoms with Gasteiger partial charge in [0.25, 0.3) is 0 Å². The van der Waals surface area contributed by atoms with Crippen LogP contribution in [0.4, 0.5) is 0 Å². The van der Waals surface area contributed by atoms with E-state index in [1.54, 1.807) is 0 Å². The zero-order valence-corrected chi connectivity index (χ0v) is 18.4. The summed E-state index contributed by atoms with van der Waals surface area (Å²) < 4.78 is 0. The van der Waals surface area contributed by atoms with Gasteiger partial charge in [-0.25, -0.2) is 0 Å². The molecule has 0 aromatic carbocycles. The number of rotatable bonds is 9. The number of nitrogens with one attached hydrogen (secondary N) is 1. The van der Waals surface area contributed by atoms with Gasteiger partial charge in [-0.15, -0.1) is 0 Å². The average molecular weight is 390 g/mol. The van der Waals surface area contributed by atoms with Gasteiger partial charge in [0.15, 0.2) is 0 Å². The lowest BCUT2D eigenvalue weighted by atomic mass is 9.87. The molecule has 4 rings (SSSR count). The van der Waals surface area contributed by atoms with Crippen molar-refractivity contribution in [3.63, 3.8) is 0 Å². The van der Waals surface area contributed by atoms with Crippen LogP contribution in [0.15, 0.2) is 0 Å². The normalized spacial score (nSPS) is 32.4. The lowest BCUT2D eigenvalue weighted by Gasteiger charge is -2.47. The molecule has 4 aliphatic rings. The molecule has 160 valence electrons. The SMILES string of the molecule is CCCCC(CC)CN(C(=O)C1CC1)C1C2CC[C@H]1CN(C1CCNCC1)C2. The summed E-state index contributed by atoms with van der Waals surface area (Å²) in [5.74, 6) is 3.03. The summed E-state index contributed by atoms with van der Waals surface area (Å²) in [5.41, 5.74) is 0. The number of carbonyl (C=O) groups excluding carboxylic acids is 1. The molecule has 1 amide bonds. The van der Waals surface area contributed by atoms with E-state index in [1.165, 1.54) is 77.5 Å². The maximum absolute atomic E-state index is 13.3. The molecule has 2 saturated carbocycles. The highest BCUT2D eigenvalue weighted by Gasteiger charge is 2.49. The molecule has 0 spiro atoms. The van der Waals surface area contributed by atoms with Crippen molar-refractivity contribution >= 4 is 5.91 Å². The minimum Gasteiger partial charge on any atom is -0.339 e. The molecular weight excluding hydrogens is 346 g/mol. The van der Waals surface area contributed by atoms with Gasteiger partial charge in [-0.05, 0) is 75.8 Å². The highest BCUT2D eigenvalue weighted by Crippen LogP contribution is 2.44. The molecule has 4 heteroatoms. The maximum Gasteiger partial charge on any atom is 0.225 e.